The monoisotopic (exact) mass is 353 g/mol. The van der Waals surface area contributed by atoms with Crippen molar-refractivity contribution in [1.82, 2.24) is 15.0 Å². The molecule has 0 saturated heterocycles. The summed E-state index contributed by atoms with van der Waals surface area (Å²) in [5, 5.41) is 8.55. The summed E-state index contributed by atoms with van der Waals surface area (Å²) in [5.41, 5.74) is 3.41. The number of hydrogen-bond acceptors (Lipinski definition) is 4. The predicted octanol–water partition coefficient (Wildman–Crippen LogP) is 4.23. The number of halogens is 1. The van der Waals surface area contributed by atoms with E-state index in [2.05, 4.69) is 16.9 Å². The first-order chi connectivity index (χ1) is 12.1. The van der Waals surface area contributed by atoms with E-state index in [1.165, 1.54) is 0 Å². The topological polar surface area (TPSA) is 57.0 Å². The Hall–Kier alpha value is -2.92. The van der Waals surface area contributed by atoms with Gasteiger partial charge >= 0.3 is 5.97 Å². The van der Waals surface area contributed by atoms with Crippen molar-refractivity contribution in [2.75, 3.05) is 0 Å². The van der Waals surface area contributed by atoms with Crippen molar-refractivity contribution in [1.29, 1.82) is 0 Å². The van der Waals surface area contributed by atoms with E-state index in [1.54, 1.807) is 29.8 Å². The predicted molar refractivity (Wildman–Crippen MR) is 96.8 cm³/mol. The molecule has 0 unspecified atom stereocenters. The summed E-state index contributed by atoms with van der Waals surface area (Å²) in [4.78, 5) is 12.3. The molecule has 0 aliphatic heterocycles. The highest BCUT2D eigenvalue weighted by molar-refractivity contribution is 6.30. The molecular formula is C19H16ClN3O2. The Balaban J connectivity index is 1.73. The number of hydrogen-bond donors (Lipinski definition) is 0. The van der Waals surface area contributed by atoms with Gasteiger partial charge in [-0.15, -0.1) is 5.10 Å². The first-order valence-electron chi connectivity index (χ1n) is 7.65. The average Bonchev–Trinajstić information content (AvgIpc) is 3.01. The number of benzene rings is 2. The summed E-state index contributed by atoms with van der Waals surface area (Å²) in [6.07, 6.45) is 1.76. The van der Waals surface area contributed by atoms with Crippen LogP contribution in [0.25, 0.3) is 11.8 Å². The van der Waals surface area contributed by atoms with Gasteiger partial charge in [-0.3, -0.25) is 0 Å². The standard InChI is InChI=1S/C19H16ClN3O2/c1-3-14-7-9-15(10-8-14)12-25-19(24)18-13(2)23(22-21-18)17-6-4-5-16(20)11-17/h3-11H,1,12H2,2H3. The van der Waals surface area contributed by atoms with E-state index in [9.17, 15) is 4.79 Å². The number of rotatable bonds is 5. The quantitative estimate of drug-likeness (QED) is 0.644. The molecule has 6 heteroatoms. The van der Waals surface area contributed by atoms with E-state index in [-0.39, 0.29) is 12.3 Å². The number of carbonyl (C=O) groups is 1. The first-order valence-corrected chi connectivity index (χ1v) is 8.03. The third kappa shape index (κ3) is 3.78. The van der Waals surface area contributed by atoms with Crippen molar-refractivity contribution < 1.29 is 9.53 Å². The minimum absolute atomic E-state index is 0.166. The second-order valence-electron chi connectivity index (χ2n) is 5.44. The SMILES string of the molecule is C=Cc1ccc(COC(=O)c2nnn(-c3cccc(Cl)c3)c2C)cc1. The van der Waals surface area contributed by atoms with Gasteiger partial charge in [0.2, 0.25) is 0 Å². The molecule has 0 fully saturated rings. The van der Waals surface area contributed by atoms with Crippen LogP contribution in [0.1, 0.15) is 27.3 Å². The van der Waals surface area contributed by atoms with Crippen molar-refractivity contribution in [3.05, 3.63) is 82.6 Å². The van der Waals surface area contributed by atoms with E-state index >= 15 is 0 Å². The van der Waals surface area contributed by atoms with Crippen molar-refractivity contribution in [2.45, 2.75) is 13.5 Å². The molecular weight excluding hydrogens is 338 g/mol. The van der Waals surface area contributed by atoms with Gasteiger partial charge in [0.25, 0.3) is 0 Å². The van der Waals surface area contributed by atoms with Crippen LogP contribution >= 0.6 is 11.6 Å². The van der Waals surface area contributed by atoms with Gasteiger partial charge < -0.3 is 4.74 Å². The van der Waals surface area contributed by atoms with E-state index in [0.717, 1.165) is 16.8 Å². The Labute approximate surface area is 150 Å². The van der Waals surface area contributed by atoms with Crippen molar-refractivity contribution in [3.63, 3.8) is 0 Å². The van der Waals surface area contributed by atoms with Gasteiger partial charge in [-0.1, -0.05) is 59.8 Å². The van der Waals surface area contributed by atoms with Gasteiger partial charge in [0.15, 0.2) is 5.69 Å². The lowest BCUT2D eigenvalue weighted by atomic mass is 10.1. The molecule has 3 rings (SSSR count). The second-order valence-corrected chi connectivity index (χ2v) is 5.87. The van der Waals surface area contributed by atoms with Gasteiger partial charge in [-0.25, -0.2) is 9.48 Å². The summed E-state index contributed by atoms with van der Waals surface area (Å²) < 4.78 is 6.89. The highest BCUT2D eigenvalue weighted by Gasteiger charge is 2.19. The molecule has 126 valence electrons. The number of ether oxygens (including phenoxy) is 1. The minimum Gasteiger partial charge on any atom is -0.456 e. The third-order valence-corrected chi connectivity index (χ3v) is 3.96. The van der Waals surface area contributed by atoms with Gasteiger partial charge in [-0.05, 0) is 36.2 Å². The normalized spacial score (nSPS) is 10.5. The molecule has 25 heavy (non-hydrogen) atoms. The Morgan fingerprint density at radius 3 is 2.72 bits per heavy atom. The number of esters is 1. The molecule has 0 amide bonds. The third-order valence-electron chi connectivity index (χ3n) is 3.73. The molecule has 1 aromatic heterocycles. The summed E-state index contributed by atoms with van der Waals surface area (Å²) in [5.74, 6) is -0.515. The fourth-order valence-electron chi connectivity index (χ4n) is 2.34. The van der Waals surface area contributed by atoms with Crippen LogP contribution in [-0.2, 0) is 11.3 Å². The first kappa shape index (κ1) is 16.9. The minimum atomic E-state index is -0.515. The molecule has 1 heterocycles. The smallest absolute Gasteiger partial charge is 0.361 e. The average molecular weight is 354 g/mol. The summed E-state index contributed by atoms with van der Waals surface area (Å²) in [6.45, 7) is 5.63. The van der Waals surface area contributed by atoms with Crippen molar-refractivity contribution in [3.8, 4) is 5.69 Å². The molecule has 0 atom stereocenters. The Bertz CT molecular complexity index is 917. The lowest BCUT2D eigenvalue weighted by molar-refractivity contribution is 0.0464. The molecule has 0 saturated carbocycles. The maximum absolute atomic E-state index is 12.3. The van der Waals surface area contributed by atoms with Crippen molar-refractivity contribution >= 4 is 23.6 Å². The van der Waals surface area contributed by atoms with E-state index in [0.29, 0.717) is 10.7 Å². The molecule has 2 aromatic carbocycles. The zero-order valence-electron chi connectivity index (χ0n) is 13.6. The molecule has 0 aliphatic rings. The molecule has 0 aliphatic carbocycles. The zero-order valence-corrected chi connectivity index (χ0v) is 14.4. The number of nitrogens with zero attached hydrogens (tertiary/aromatic N) is 3. The van der Waals surface area contributed by atoms with Crippen LogP contribution in [0.15, 0.2) is 55.1 Å². The fourth-order valence-corrected chi connectivity index (χ4v) is 2.52. The van der Waals surface area contributed by atoms with Crippen LogP contribution < -0.4 is 0 Å². The molecule has 5 nitrogen and oxygen atoms in total. The Morgan fingerprint density at radius 1 is 1.28 bits per heavy atom. The van der Waals surface area contributed by atoms with Gasteiger partial charge in [0, 0.05) is 5.02 Å². The highest BCUT2D eigenvalue weighted by atomic mass is 35.5. The van der Waals surface area contributed by atoms with Crippen LogP contribution in [0.2, 0.25) is 5.02 Å². The van der Waals surface area contributed by atoms with Crippen LogP contribution in [0, 0.1) is 6.92 Å². The van der Waals surface area contributed by atoms with E-state index < -0.39 is 5.97 Å². The molecule has 0 radical (unpaired) electrons. The second kappa shape index (κ2) is 7.32. The van der Waals surface area contributed by atoms with Crippen LogP contribution in [0.3, 0.4) is 0 Å². The highest BCUT2D eigenvalue weighted by Crippen LogP contribution is 2.17. The number of aromatic nitrogens is 3. The largest absolute Gasteiger partial charge is 0.456 e. The van der Waals surface area contributed by atoms with Crippen LogP contribution in [0.5, 0.6) is 0 Å². The lowest BCUT2D eigenvalue weighted by Gasteiger charge is -2.05. The summed E-state index contributed by atoms with van der Waals surface area (Å²) in [7, 11) is 0. The van der Waals surface area contributed by atoms with Crippen molar-refractivity contribution in [2.24, 2.45) is 0 Å². The fraction of sp³-hybridized carbons (Fsp3) is 0.105. The number of carbonyl (C=O) groups excluding carboxylic acids is 1. The molecule has 0 N–H and O–H groups in total. The lowest BCUT2D eigenvalue weighted by Crippen LogP contribution is -2.08. The zero-order chi connectivity index (χ0) is 17.8. The maximum atomic E-state index is 12.3. The Kier molecular flexibility index (Phi) is 4.95. The van der Waals surface area contributed by atoms with Gasteiger partial charge in [-0.2, -0.15) is 0 Å². The Morgan fingerprint density at radius 2 is 2.04 bits per heavy atom. The molecule has 0 bridgehead atoms. The van der Waals surface area contributed by atoms with Crippen LogP contribution in [0.4, 0.5) is 0 Å². The maximum Gasteiger partial charge on any atom is 0.361 e. The van der Waals surface area contributed by atoms with E-state index in [1.807, 2.05) is 36.4 Å². The summed E-state index contributed by atoms with van der Waals surface area (Å²) in [6, 6.07) is 14.8. The van der Waals surface area contributed by atoms with Crippen LogP contribution in [-0.4, -0.2) is 21.0 Å². The van der Waals surface area contributed by atoms with E-state index in [4.69, 9.17) is 16.3 Å². The van der Waals surface area contributed by atoms with Gasteiger partial charge in [0.05, 0.1) is 11.4 Å². The molecule has 0 spiro atoms. The molecule has 3 aromatic rings. The van der Waals surface area contributed by atoms with Gasteiger partial charge in [0.1, 0.15) is 6.61 Å². The summed E-state index contributed by atoms with van der Waals surface area (Å²) >= 11 is 6.00.